The highest BCUT2D eigenvalue weighted by molar-refractivity contribution is 5.75. The molecule has 0 spiro atoms. The average molecular weight is 347 g/mol. The summed E-state index contributed by atoms with van der Waals surface area (Å²) < 4.78 is 13.2. The number of nitrogens with zero attached hydrogens (tertiary/aromatic N) is 2. The van der Waals surface area contributed by atoms with Crippen LogP contribution in [0.15, 0.2) is 24.3 Å². The van der Waals surface area contributed by atoms with Crippen molar-refractivity contribution in [2.45, 2.75) is 64.1 Å². The summed E-state index contributed by atoms with van der Waals surface area (Å²) in [5.74, 6) is -0.233. The van der Waals surface area contributed by atoms with Gasteiger partial charge in [-0.2, -0.15) is 0 Å². The summed E-state index contributed by atoms with van der Waals surface area (Å²) in [7, 11) is 0. The van der Waals surface area contributed by atoms with Crippen LogP contribution in [0, 0.1) is 5.82 Å². The fraction of sp³-hybridized carbons (Fsp3) is 0.650. The van der Waals surface area contributed by atoms with Crippen LogP contribution in [0.3, 0.4) is 0 Å². The van der Waals surface area contributed by atoms with Crippen LogP contribution in [0.1, 0.15) is 51.0 Å². The third kappa shape index (κ3) is 4.94. The lowest BCUT2D eigenvalue weighted by atomic mass is 9.94. The van der Waals surface area contributed by atoms with Gasteiger partial charge in [0.25, 0.3) is 0 Å². The van der Waals surface area contributed by atoms with Crippen molar-refractivity contribution in [1.82, 2.24) is 15.1 Å². The molecule has 2 fully saturated rings. The van der Waals surface area contributed by atoms with E-state index in [4.69, 9.17) is 0 Å². The molecule has 1 aliphatic heterocycles. The van der Waals surface area contributed by atoms with Crippen molar-refractivity contribution in [3.63, 3.8) is 0 Å². The van der Waals surface area contributed by atoms with Crippen molar-refractivity contribution in [3.05, 3.63) is 35.6 Å². The lowest BCUT2D eigenvalue weighted by Crippen LogP contribution is -2.50. The van der Waals surface area contributed by atoms with Gasteiger partial charge in [-0.1, -0.05) is 38.3 Å². The Morgan fingerprint density at radius 3 is 2.56 bits per heavy atom. The van der Waals surface area contributed by atoms with Crippen LogP contribution in [0.5, 0.6) is 0 Å². The fourth-order valence-electron chi connectivity index (χ4n) is 4.04. The van der Waals surface area contributed by atoms with E-state index >= 15 is 0 Å². The predicted octanol–water partition coefficient (Wildman–Crippen LogP) is 3.76. The molecule has 2 amide bonds. The average Bonchev–Trinajstić information content (AvgIpc) is 3.09. The first-order chi connectivity index (χ1) is 12.2. The number of halogens is 1. The van der Waals surface area contributed by atoms with E-state index in [2.05, 4.69) is 17.1 Å². The predicted molar refractivity (Wildman–Crippen MR) is 97.9 cm³/mol. The van der Waals surface area contributed by atoms with E-state index in [1.165, 1.54) is 31.4 Å². The second-order valence-corrected chi connectivity index (χ2v) is 7.37. The Balaban J connectivity index is 1.66. The number of carbonyl (C=O) groups is 1. The molecule has 0 radical (unpaired) electrons. The highest BCUT2D eigenvalue weighted by Crippen LogP contribution is 2.24. The molecule has 1 N–H and O–H groups in total. The van der Waals surface area contributed by atoms with Gasteiger partial charge in [-0.3, -0.25) is 0 Å². The Labute approximate surface area is 150 Å². The van der Waals surface area contributed by atoms with Crippen LogP contribution >= 0.6 is 0 Å². The van der Waals surface area contributed by atoms with Gasteiger partial charge in [0.2, 0.25) is 0 Å². The van der Waals surface area contributed by atoms with E-state index in [0.717, 1.165) is 44.5 Å². The van der Waals surface area contributed by atoms with E-state index < -0.39 is 0 Å². The molecule has 1 aliphatic carbocycles. The molecule has 0 aromatic heterocycles. The second kappa shape index (κ2) is 8.65. The molecule has 2 aliphatic rings. The number of nitrogens with one attached hydrogen (secondary N) is 1. The van der Waals surface area contributed by atoms with Crippen LogP contribution in [-0.4, -0.2) is 47.5 Å². The zero-order chi connectivity index (χ0) is 17.6. The molecule has 25 heavy (non-hydrogen) atoms. The van der Waals surface area contributed by atoms with E-state index in [1.807, 2.05) is 4.90 Å². The number of amides is 2. The molecule has 1 aromatic rings. The Hall–Kier alpha value is -1.62. The molecule has 1 aromatic carbocycles. The molecule has 5 heteroatoms. The van der Waals surface area contributed by atoms with Gasteiger partial charge >= 0.3 is 6.03 Å². The molecule has 1 atom stereocenters. The van der Waals surface area contributed by atoms with Gasteiger partial charge in [0.1, 0.15) is 5.82 Å². The fourth-order valence-corrected chi connectivity index (χ4v) is 4.04. The molecule has 4 nitrogen and oxygen atoms in total. The molecule has 138 valence electrons. The molecule has 1 saturated carbocycles. The van der Waals surface area contributed by atoms with Crippen LogP contribution in [0.25, 0.3) is 0 Å². The standard InChI is InChI=1S/C20H30FN3O/c1-2-23-13-12-18(15-23)22-20(25)24(19-6-4-3-5-7-19)14-16-8-10-17(21)11-9-16/h8-11,18-19H,2-7,12-15H2,1H3,(H,22,25). The maximum atomic E-state index is 13.2. The van der Waals surface area contributed by atoms with E-state index in [1.54, 1.807) is 12.1 Å². The van der Waals surface area contributed by atoms with Crippen LogP contribution in [0.4, 0.5) is 9.18 Å². The first-order valence-electron chi connectivity index (χ1n) is 9.69. The minimum absolute atomic E-state index is 0.0409. The molecule has 3 rings (SSSR count). The monoisotopic (exact) mass is 347 g/mol. The lowest BCUT2D eigenvalue weighted by molar-refractivity contribution is 0.148. The third-order valence-corrected chi connectivity index (χ3v) is 5.59. The zero-order valence-electron chi connectivity index (χ0n) is 15.2. The second-order valence-electron chi connectivity index (χ2n) is 7.37. The van der Waals surface area contributed by atoms with Gasteiger partial charge in [0.15, 0.2) is 0 Å². The van der Waals surface area contributed by atoms with Crippen molar-refractivity contribution >= 4 is 6.03 Å². The van der Waals surface area contributed by atoms with Crippen LogP contribution in [0.2, 0.25) is 0 Å². The van der Waals surface area contributed by atoms with Gasteiger partial charge < -0.3 is 15.1 Å². The van der Waals surface area contributed by atoms with E-state index in [-0.39, 0.29) is 17.9 Å². The van der Waals surface area contributed by atoms with Gasteiger partial charge in [-0.05, 0) is 43.5 Å². The molecule has 1 unspecified atom stereocenters. The van der Waals surface area contributed by atoms with Crippen LogP contribution < -0.4 is 5.32 Å². The first-order valence-corrected chi connectivity index (χ1v) is 9.69. The SMILES string of the molecule is CCN1CCC(NC(=O)N(Cc2ccc(F)cc2)C2CCCCC2)C1. The third-order valence-electron chi connectivity index (χ3n) is 5.59. The Morgan fingerprint density at radius 2 is 1.92 bits per heavy atom. The number of carbonyl (C=O) groups excluding carboxylic acids is 1. The topological polar surface area (TPSA) is 35.6 Å². The zero-order valence-corrected chi connectivity index (χ0v) is 15.2. The van der Waals surface area contributed by atoms with Gasteiger partial charge in [-0.25, -0.2) is 9.18 Å². The maximum absolute atomic E-state index is 13.2. The summed E-state index contributed by atoms with van der Waals surface area (Å²) >= 11 is 0. The Bertz CT molecular complexity index is 557. The number of likely N-dealkylation sites (N-methyl/N-ethyl adjacent to an activating group) is 1. The highest BCUT2D eigenvalue weighted by atomic mass is 19.1. The number of urea groups is 1. The van der Waals surface area contributed by atoms with Crippen LogP contribution in [-0.2, 0) is 6.54 Å². The summed E-state index contributed by atoms with van der Waals surface area (Å²) in [5, 5.41) is 3.24. The minimum Gasteiger partial charge on any atom is -0.334 e. The van der Waals surface area contributed by atoms with Gasteiger partial charge in [0, 0.05) is 31.7 Å². The van der Waals surface area contributed by atoms with Gasteiger partial charge in [0.05, 0.1) is 0 Å². The molecular formula is C20H30FN3O. The molecule has 1 saturated heterocycles. The summed E-state index contributed by atoms with van der Waals surface area (Å²) in [4.78, 5) is 17.3. The number of likely N-dealkylation sites (tertiary alicyclic amines) is 1. The van der Waals surface area contributed by atoms with E-state index in [0.29, 0.717) is 12.6 Å². The smallest absolute Gasteiger partial charge is 0.318 e. The highest BCUT2D eigenvalue weighted by Gasteiger charge is 2.29. The van der Waals surface area contributed by atoms with Crippen molar-refractivity contribution in [3.8, 4) is 0 Å². The Morgan fingerprint density at radius 1 is 1.20 bits per heavy atom. The largest absolute Gasteiger partial charge is 0.334 e. The number of rotatable bonds is 5. The quantitative estimate of drug-likeness (QED) is 0.880. The normalized spacial score (nSPS) is 22.1. The number of hydrogen-bond donors (Lipinski definition) is 1. The Kier molecular flexibility index (Phi) is 6.29. The minimum atomic E-state index is -0.233. The van der Waals surface area contributed by atoms with E-state index in [9.17, 15) is 9.18 Å². The molecule has 0 bridgehead atoms. The summed E-state index contributed by atoms with van der Waals surface area (Å²) in [6, 6.07) is 7.10. The summed E-state index contributed by atoms with van der Waals surface area (Å²) in [6.07, 6.45) is 6.79. The van der Waals surface area contributed by atoms with Gasteiger partial charge in [-0.15, -0.1) is 0 Å². The summed E-state index contributed by atoms with van der Waals surface area (Å²) in [5.41, 5.74) is 0.990. The van der Waals surface area contributed by atoms with Crippen molar-refractivity contribution < 1.29 is 9.18 Å². The van der Waals surface area contributed by atoms with Crippen molar-refractivity contribution in [2.24, 2.45) is 0 Å². The maximum Gasteiger partial charge on any atom is 0.318 e. The summed E-state index contributed by atoms with van der Waals surface area (Å²) in [6.45, 7) is 5.75. The number of benzene rings is 1. The molecular weight excluding hydrogens is 317 g/mol. The number of hydrogen-bond acceptors (Lipinski definition) is 2. The molecule has 1 heterocycles. The van der Waals surface area contributed by atoms with Crippen molar-refractivity contribution in [2.75, 3.05) is 19.6 Å². The lowest BCUT2D eigenvalue weighted by Gasteiger charge is -2.35. The first kappa shape index (κ1) is 18.2. The van der Waals surface area contributed by atoms with Crippen molar-refractivity contribution in [1.29, 1.82) is 0 Å².